The van der Waals surface area contributed by atoms with E-state index in [0.717, 1.165) is 45.3 Å². The van der Waals surface area contributed by atoms with Gasteiger partial charge in [-0.25, -0.2) is 0 Å². The highest BCUT2D eigenvalue weighted by molar-refractivity contribution is 5.27. The molecule has 2 atom stereocenters. The first-order chi connectivity index (χ1) is 10.7. The molecule has 0 heterocycles. The molecule has 3 heteroatoms. The van der Waals surface area contributed by atoms with Crippen LogP contribution in [0.15, 0.2) is 24.3 Å². The Morgan fingerprint density at radius 1 is 1.23 bits per heavy atom. The van der Waals surface area contributed by atoms with Gasteiger partial charge in [-0.05, 0) is 62.5 Å². The lowest BCUT2D eigenvalue weighted by Gasteiger charge is -2.21. The average molecular weight is 305 g/mol. The van der Waals surface area contributed by atoms with Crippen molar-refractivity contribution in [1.82, 2.24) is 0 Å². The number of aliphatic hydroxyl groups excluding tert-OH is 1. The van der Waals surface area contributed by atoms with E-state index in [-0.39, 0.29) is 12.1 Å². The van der Waals surface area contributed by atoms with Crippen LogP contribution >= 0.6 is 0 Å². The molecule has 3 nitrogen and oxygen atoms in total. The minimum absolute atomic E-state index is 0.101. The molecule has 22 heavy (non-hydrogen) atoms. The van der Waals surface area contributed by atoms with Gasteiger partial charge in [0.1, 0.15) is 0 Å². The first kappa shape index (κ1) is 17.5. The Hall–Kier alpha value is -0.900. The molecule has 0 amide bonds. The predicted molar refractivity (Wildman–Crippen MR) is 91.1 cm³/mol. The third-order valence-corrected chi connectivity index (χ3v) is 4.87. The maximum atomic E-state index is 9.37. The van der Waals surface area contributed by atoms with Crippen LogP contribution in [-0.4, -0.2) is 30.5 Å². The molecule has 0 saturated heterocycles. The van der Waals surface area contributed by atoms with Crippen molar-refractivity contribution in [3.63, 3.8) is 0 Å². The maximum absolute atomic E-state index is 9.37. The zero-order chi connectivity index (χ0) is 15.8. The van der Waals surface area contributed by atoms with Gasteiger partial charge in [-0.15, -0.1) is 0 Å². The van der Waals surface area contributed by atoms with Crippen molar-refractivity contribution in [3.05, 3.63) is 35.4 Å². The molecule has 124 valence electrons. The number of hydrogen-bond acceptors (Lipinski definition) is 3. The van der Waals surface area contributed by atoms with E-state index >= 15 is 0 Å². The first-order valence-electron chi connectivity index (χ1n) is 8.73. The van der Waals surface area contributed by atoms with E-state index in [1.54, 1.807) is 0 Å². The second kappa shape index (κ2) is 8.66. The van der Waals surface area contributed by atoms with E-state index in [9.17, 15) is 5.11 Å². The highest BCUT2D eigenvalue weighted by atomic mass is 16.5. The molecule has 1 fully saturated rings. The van der Waals surface area contributed by atoms with Crippen LogP contribution in [0.2, 0.25) is 0 Å². The van der Waals surface area contributed by atoms with Crippen LogP contribution in [0.4, 0.5) is 0 Å². The molecule has 3 N–H and O–H groups in total. The minimum Gasteiger partial charge on any atom is -0.394 e. The van der Waals surface area contributed by atoms with Gasteiger partial charge >= 0.3 is 0 Å². The summed E-state index contributed by atoms with van der Waals surface area (Å²) in [6.45, 7) is 3.86. The summed E-state index contributed by atoms with van der Waals surface area (Å²) < 4.78 is 5.36. The smallest absolute Gasteiger partial charge is 0.0611 e. The average Bonchev–Trinajstić information content (AvgIpc) is 2.94. The Bertz CT molecular complexity index is 432. The van der Waals surface area contributed by atoms with E-state index in [1.807, 2.05) is 6.92 Å². The molecule has 0 unspecified atom stereocenters. The van der Waals surface area contributed by atoms with Crippen LogP contribution in [0.5, 0.6) is 0 Å². The highest BCUT2D eigenvalue weighted by Gasteiger charge is 2.35. The predicted octanol–water partition coefficient (Wildman–Crippen LogP) is 3.39. The quantitative estimate of drug-likeness (QED) is 0.688. The number of aliphatic hydroxyl groups is 1. The molecule has 0 radical (unpaired) electrons. The fourth-order valence-electron chi connectivity index (χ4n) is 3.40. The van der Waals surface area contributed by atoms with E-state index in [0.29, 0.717) is 5.92 Å². The van der Waals surface area contributed by atoms with Gasteiger partial charge in [-0.1, -0.05) is 30.7 Å². The molecule has 1 aromatic rings. The van der Waals surface area contributed by atoms with Crippen molar-refractivity contribution in [2.24, 2.45) is 5.73 Å². The molecule has 1 aliphatic rings. The third kappa shape index (κ3) is 5.08. The van der Waals surface area contributed by atoms with Crippen LogP contribution in [0, 0.1) is 0 Å². The summed E-state index contributed by atoms with van der Waals surface area (Å²) in [4.78, 5) is 0. The molecular weight excluding hydrogens is 274 g/mol. The van der Waals surface area contributed by atoms with Crippen molar-refractivity contribution < 1.29 is 9.84 Å². The normalized spacial score (nSPS) is 24.8. The Balaban J connectivity index is 1.74. The van der Waals surface area contributed by atoms with Crippen LogP contribution in [0.1, 0.15) is 62.5 Å². The third-order valence-electron chi connectivity index (χ3n) is 4.87. The van der Waals surface area contributed by atoms with Gasteiger partial charge in [0.2, 0.25) is 0 Å². The second-order valence-corrected chi connectivity index (χ2v) is 6.71. The molecule has 1 aromatic carbocycles. The Kier molecular flexibility index (Phi) is 6.87. The summed E-state index contributed by atoms with van der Waals surface area (Å²) >= 11 is 0. The van der Waals surface area contributed by atoms with E-state index in [4.69, 9.17) is 10.5 Å². The van der Waals surface area contributed by atoms with Crippen molar-refractivity contribution >= 4 is 0 Å². The maximum Gasteiger partial charge on any atom is 0.0611 e. The molecule has 0 spiro atoms. The van der Waals surface area contributed by atoms with E-state index < -0.39 is 0 Å². The first-order valence-corrected chi connectivity index (χ1v) is 8.73. The number of nitrogens with two attached hydrogens (primary N) is 1. The number of aryl methyl sites for hydroxylation is 1. The van der Waals surface area contributed by atoms with Gasteiger partial charge < -0.3 is 15.6 Å². The number of ether oxygens (including phenoxy) is 1. The monoisotopic (exact) mass is 305 g/mol. The van der Waals surface area contributed by atoms with Crippen molar-refractivity contribution in [2.75, 3.05) is 19.8 Å². The Morgan fingerprint density at radius 3 is 2.64 bits per heavy atom. The summed E-state index contributed by atoms with van der Waals surface area (Å²) in [6, 6.07) is 9.02. The Labute approximate surface area is 134 Å². The number of hydrogen-bond donors (Lipinski definition) is 2. The van der Waals surface area contributed by atoms with Crippen molar-refractivity contribution in [1.29, 1.82) is 0 Å². The molecule has 1 aliphatic carbocycles. The standard InChI is InChI=1S/C19H31NO2/c1-2-22-13-5-3-4-6-16-7-9-17(10-8-16)18-11-12-19(20,14-18)15-21/h7-10,18,21H,2-6,11-15,20H2,1H3/t18-,19+/m1/s1. The van der Waals surface area contributed by atoms with Gasteiger partial charge in [0, 0.05) is 18.8 Å². The number of unbranched alkanes of at least 4 members (excludes halogenated alkanes) is 2. The molecule has 0 bridgehead atoms. The lowest BCUT2D eigenvalue weighted by Crippen LogP contribution is -2.40. The molecule has 1 saturated carbocycles. The van der Waals surface area contributed by atoms with Crippen molar-refractivity contribution in [2.45, 2.75) is 63.3 Å². The summed E-state index contributed by atoms with van der Waals surface area (Å²) in [5, 5.41) is 9.37. The molecule has 0 aliphatic heterocycles. The van der Waals surface area contributed by atoms with Gasteiger partial charge in [-0.2, -0.15) is 0 Å². The summed E-state index contributed by atoms with van der Waals surface area (Å²) in [5.41, 5.74) is 8.61. The zero-order valence-corrected chi connectivity index (χ0v) is 13.9. The van der Waals surface area contributed by atoms with Crippen LogP contribution < -0.4 is 5.73 Å². The molecular formula is C19H31NO2. The van der Waals surface area contributed by atoms with Gasteiger partial charge in [0.25, 0.3) is 0 Å². The summed E-state index contributed by atoms with van der Waals surface area (Å²) in [7, 11) is 0. The van der Waals surface area contributed by atoms with Crippen LogP contribution in [0.25, 0.3) is 0 Å². The largest absolute Gasteiger partial charge is 0.394 e. The molecule has 2 rings (SSSR count). The fourth-order valence-corrected chi connectivity index (χ4v) is 3.40. The number of benzene rings is 1. The van der Waals surface area contributed by atoms with E-state index in [2.05, 4.69) is 24.3 Å². The van der Waals surface area contributed by atoms with Crippen molar-refractivity contribution in [3.8, 4) is 0 Å². The minimum atomic E-state index is -0.357. The lowest BCUT2D eigenvalue weighted by molar-refractivity contribution is 0.143. The Morgan fingerprint density at radius 2 is 2.00 bits per heavy atom. The highest BCUT2D eigenvalue weighted by Crippen LogP contribution is 2.39. The van der Waals surface area contributed by atoms with Gasteiger partial charge in [-0.3, -0.25) is 0 Å². The fraction of sp³-hybridized carbons (Fsp3) is 0.684. The zero-order valence-electron chi connectivity index (χ0n) is 13.9. The van der Waals surface area contributed by atoms with Gasteiger partial charge in [0.15, 0.2) is 0 Å². The topological polar surface area (TPSA) is 55.5 Å². The molecule has 0 aromatic heterocycles. The summed E-state index contributed by atoms with van der Waals surface area (Å²) in [6.07, 6.45) is 7.69. The lowest BCUT2D eigenvalue weighted by atomic mass is 9.92. The van der Waals surface area contributed by atoms with Gasteiger partial charge in [0.05, 0.1) is 6.61 Å². The van der Waals surface area contributed by atoms with E-state index in [1.165, 1.54) is 24.0 Å². The summed E-state index contributed by atoms with van der Waals surface area (Å²) in [5.74, 6) is 0.511. The second-order valence-electron chi connectivity index (χ2n) is 6.71. The number of rotatable bonds is 9. The van der Waals surface area contributed by atoms with Crippen LogP contribution in [0.3, 0.4) is 0 Å². The SMILES string of the molecule is CCOCCCCCc1ccc([C@@H]2CC[C@@](N)(CO)C2)cc1. The van der Waals surface area contributed by atoms with Crippen LogP contribution in [-0.2, 0) is 11.2 Å².